The van der Waals surface area contributed by atoms with Crippen LogP contribution in [0, 0.1) is 0 Å². The van der Waals surface area contributed by atoms with Crippen LogP contribution in [0.15, 0.2) is 33.7 Å². The fourth-order valence-electron chi connectivity index (χ4n) is 4.00. The molecule has 2 aliphatic heterocycles. The van der Waals surface area contributed by atoms with Gasteiger partial charge in [-0.15, -0.1) is 0 Å². The minimum atomic E-state index is -1.76. The molecule has 0 aromatic carbocycles. The number of aliphatic hydroxyl groups is 3. The van der Waals surface area contributed by atoms with Gasteiger partial charge in [0.05, 0.1) is 0 Å². The summed E-state index contributed by atoms with van der Waals surface area (Å²) in [5, 5.41) is 34.0. The molecule has 7 N–H and O–H groups in total. The van der Waals surface area contributed by atoms with E-state index in [-0.39, 0.29) is 12.3 Å². The molecule has 0 saturated carbocycles. The summed E-state index contributed by atoms with van der Waals surface area (Å²) in [6.45, 7) is 3.02. The first-order valence-corrected chi connectivity index (χ1v) is 11.8. The topological polar surface area (TPSA) is 234 Å². The van der Waals surface area contributed by atoms with Crippen molar-refractivity contribution in [2.45, 2.75) is 62.5 Å². The predicted octanol–water partition coefficient (Wildman–Crippen LogP) is -3.81. The second-order valence-electron chi connectivity index (χ2n) is 8.46. The van der Waals surface area contributed by atoms with Gasteiger partial charge in [0, 0.05) is 39.1 Å². The van der Waals surface area contributed by atoms with Crippen LogP contribution < -0.4 is 22.3 Å². The number of aliphatic hydroxyl groups excluding tert-OH is 3. The van der Waals surface area contributed by atoms with Gasteiger partial charge in [0.15, 0.2) is 18.1 Å². The normalized spacial score (nSPS) is 29.8. The Morgan fingerprint density at radius 2 is 2.00 bits per heavy atom. The first kappa shape index (κ1) is 29.4. The minimum absolute atomic E-state index is 0.239. The third kappa shape index (κ3) is 6.65. The number of nitrogens with zero attached hydrogens (tertiary/aromatic N) is 1. The minimum Gasteiger partial charge on any atom is -0.456 e. The number of nitrogens with two attached hydrogens (primary N) is 1. The Morgan fingerprint density at radius 1 is 1.26 bits per heavy atom. The van der Waals surface area contributed by atoms with Crippen molar-refractivity contribution < 1.29 is 48.6 Å². The lowest BCUT2D eigenvalue weighted by Gasteiger charge is -2.35. The standard InChI is InChI=1S/C22H32N4O12/c1-3-35-8-4-6-24-19(32)11-9-10(27)13(29)21(36-11)38-17(18(23)31)16-15(34-2)14(30)20(37-16)26-7-5-12(28)25-22(26)33/h5,7,9-10,13-17,20-21,27,29-30H,3-4,6,8H2,1-2H3,(H2,23,31)(H,24,32)(H,25,28,33)/t10-,13-,14+,15-,16-,17+,20+,21+/m0/s1. The van der Waals surface area contributed by atoms with Crippen LogP contribution in [-0.4, -0.2) is 106 Å². The summed E-state index contributed by atoms with van der Waals surface area (Å²) in [5.74, 6) is -2.21. The van der Waals surface area contributed by atoms with E-state index in [1.54, 1.807) is 0 Å². The van der Waals surface area contributed by atoms with Crippen molar-refractivity contribution in [3.05, 3.63) is 44.9 Å². The van der Waals surface area contributed by atoms with Gasteiger partial charge < -0.3 is 50.1 Å². The van der Waals surface area contributed by atoms with Gasteiger partial charge in [-0.2, -0.15) is 0 Å². The van der Waals surface area contributed by atoms with Crippen molar-refractivity contribution in [1.29, 1.82) is 0 Å². The van der Waals surface area contributed by atoms with Crippen molar-refractivity contribution in [3.8, 4) is 0 Å². The van der Waals surface area contributed by atoms with Crippen LogP contribution in [-0.2, 0) is 33.3 Å². The number of aromatic amines is 1. The van der Waals surface area contributed by atoms with Crippen molar-refractivity contribution in [2.24, 2.45) is 5.73 Å². The van der Waals surface area contributed by atoms with Gasteiger partial charge in [-0.25, -0.2) is 4.79 Å². The molecule has 2 amide bonds. The number of nitrogens with one attached hydrogen (secondary N) is 2. The highest BCUT2D eigenvalue weighted by Gasteiger charge is 2.52. The first-order valence-electron chi connectivity index (χ1n) is 11.8. The second kappa shape index (κ2) is 13.1. The Balaban J connectivity index is 1.76. The lowest BCUT2D eigenvalue weighted by Crippen LogP contribution is -2.54. The summed E-state index contributed by atoms with van der Waals surface area (Å²) in [6, 6.07) is 1.03. The maximum absolute atomic E-state index is 12.5. The molecule has 0 bridgehead atoms. The van der Waals surface area contributed by atoms with Crippen molar-refractivity contribution in [2.75, 3.05) is 26.9 Å². The summed E-state index contributed by atoms with van der Waals surface area (Å²) >= 11 is 0. The molecular weight excluding hydrogens is 512 g/mol. The van der Waals surface area contributed by atoms with Crippen LogP contribution in [0.25, 0.3) is 0 Å². The molecule has 0 aliphatic carbocycles. The molecule has 2 aliphatic rings. The van der Waals surface area contributed by atoms with Gasteiger partial charge in [-0.1, -0.05) is 0 Å². The Labute approximate surface area is 215 Å². The molecule has 38 heavy (non-hydrogen) atoms. The third-order valence-electron chi connectivity index (χ3n) is 5.88. The SMILES string of the molecule is CCOCCCNC(=O)C1=C[C@H](O)[C@H](O)[C@@H](O[C@@H](C(N)=O)[C@H]2O[C@@H](n3ccc(=O)[nH]c3=O)[C@H](O)[C@@H]2OC)O1. The lowest BCUT2D eigenvalue weighted by atomic mass is 10.0. The average Bonchev–Trinajstić information content (AvgIpc) is 3.19. The number of H-pyrrole nitrogens is 1. The van der Waals surface area contributed by atoms with E-state index in [9.17, 15) is 34.5 Å². The van der Waals surface area contributed by atoms with E-state index < -0.39 is 72.2 Å². The van der Waals surface area contributed by atoms with E-state index >= 15 is 0 Å². The van der Waals surface area contributed by atoms with Gasteiger partial charge in [0.25, 0.3) is 11.5 Å². The zero-order valence-electron chi connectivity index (χ0n) is 20.7. The Bertz CT molecular complexity index is 1120. The highest BCUT2D eigenvalue weighted by molar-refractivity contribution is 5.91. The van der Waals surface area contributed by atoms with Crippen LogP contribution in [0.5, 0.6) is 0 Å². The zero-order chi connectivity index (χ0) is 28.0. The van der Waals surface area contributed by atoms with Gasteiger partial charge in [-0.3, -0.25) is 23.9 Å². The molecule has 1 saturated heterocycles. The van der Waals surface area contributed by atoms with Crippen molar-refractivity contribution in [3.63, 3.8) is 0 Å². The quantitative estimate of drug-likeness (QED) is 0.139. The highest BCUT2D eigenvalue weighted by atomic mass is 16.7. The van der Waals surface area contributed by atoms with Gasteiger partial charge >= 0.3 is 5.69 Å². The highest BCUT2D eigenvalue weighted by Crippen LogP contribution is 2.34. The van der Waals surface area contributed by atoms with E-state index in [1.165, 1.54) is 7.11 Å². The average molecular weight is 545 g/mol. The summed E-state index contributed by atoms with van der Waals surface area (Å²) in [6.07, 6.45) is -9.93. The van der Waals surface area contributed by atoms with Crippen LogP contribution >= 0.6 is 0 Å². The first-order chi connectivity index (χ1) is 18.1. The van der Waals surface area contributed by atoms with Crippen LogP contribution in [0.2, 0.25) is 0 Å². The smallest absolute Gasteiger partial charge is 0.330 e. The molecule has 3 rings (SSSR count). The number of carbonyl (C=O) groups excluding carboxylic acids is 2. The molecule has 8 atom stereocenters. The second-order valence-corrected chi connectivity index (χ2v) is 8.46. The maximum atomic E-state index is 12.5. The number of carbonyl (C=O) groups is 2. The van der Waals surface area contributed by atoms with E-state index in [0.29, 0.717) is 19.6 Å². The molecule has 16 heteroatoms. The Hall–Kier alpha value is -3.12. The lowest BCUT2D eigenvalue weighted by molar-refractivity contribution is -0.241. The molecule has 1 aromatic heterocycles. The molecule has 0 radical (unpaired) electrons. The molecule has 3 heterocycles. The van der Waals surface area contributed by atoms with Gasteiger partial charge in [0.2, 0.25) is 12.2 Å². The van der Waals surface area contributed by atoms with Crippen LogP contribution in [0.3, 0.4) is 0 Å². The largest absolute Gasteiger partial charge is 0.456 e. The van der Waals surface area contributed by atoms with Crippen LogP contribution in [0.4, 0.5) is 0 Å². The van der Waals surface area contributed by atoms with Gasteiger partial charge in [0.1, 0.15) is 30.5 Å². The molecule has 0 unspecified atom stereocenters. The number of hydrogen-bond donors (Lipinski definition) is 6. The molecule has 212 valence electrons. The maximum Gasteiger partial charge on any atom is 0.330 e. The molecule has 16 nitrogen and oxygen atoms in total. The number of primary amides is 1. The van der Waals surface area contributed by atoms with E-state index in [4.69, 9.17) is 29.4 Å². The Kier molecular flexibility index (Phi) is 10.1. The van der Waals surface area contributed by atoms with Crippen LogP contribution in [0.1, 0.15) is 19.6 Å². The molecule has 1 aromatic rings. The Morgan fingerprint density at radius 3 is 2.63 bits per heavy atom. The number of aromatic nitrogens is 2. The number of amides is 2. The monoisotopic (exact) mass is 544 g/mol. The third-order valence-corrected chi connectivity index (χ3v) is 5.88. The summed E-state index contributed by atoms with van der Waals surface area (Å²) < 4.78 is 28.0. The van der Waals surface area contributed by atoms with Gasteiger partial charge in [-0.05, 0) is 19.4 Å². The van der Waals surface area contributed by atoms with E-state index in [0.717, 1.165) is 22.9 Å². The number of hydrogen-bond acceptors (Lipinski definition) is 12. The summed E-state index contributed by atoms with van der Waals surface area (Å²) in [5.41, 5.74) is 3.93. The molecule has 0 spiro atoms. The molecule has 1 fully saturated rings. The van der Waals surface area contributed by atoms with Crippen molar-refractivity contribution >= 4 is 11.8 Å². The fraction of sp³-hybridized carbons (Fsp3) is 0.636. The van der Waals surface area contributed by atoms with Crippen molar-refractivity contribution in [1.82, 2.24) is 14.9 Å². The predicted molar refractivity (Wildman–Crippen MR) is 125 cm³/mol. The number of rotatable bonds is 12. The number of ether oxygens (including phenoxy) is 5. The van der Waals surface area contributed by atoms with E-state index in [1.807, 2.05) is 11.9 Å². The number of methoxy groups -OCH3 is 1. The molecular formula is C22H32N4O12. The summed E-state index contributed by atoms with van der Waals surface area (Å²) in [7, 11) is 1.20. The van der Waals surface area contributed by atoms with E-state index in [2.05, 4.69) is 5.32 Å². The zero-order valence-corrected chi connectivity index (χ0v) is 20.7. The summed E-state index contributed by atoms with van der Waals surface area (Å²) in [4.78, 5) is 50.5. The fourth-order valence-corrected chi connectivity index (χ4v) is 4.00.